The molecule has 0 spiro atoms. The van der Waals surface area contributed by atoms with Crippen molar-refractivity contribution in [2.24, 2.45) is 5.41 Å². The third-order valence-corrected chi connectivity index (χ3v) is 6.77. The van der Waals surface area contributed by atoms with Gasteiger partial charge in [0.15, 0.2) is 0 Å². The van der Waals surface area contributed by atoms with Crippen LogP contribution in [0.25, 0.3) is 0 Å². The molecule has 202 valence electrons. The molecule has 1 atom stereocenters. The second-order valence-corrected chi connectivity index (χ2v) is 9.83. The van der Waals surface area contributed by atoms with Crippen LogP contribution in [0.15, 0.2) is 84.2 Å². The molecule has 2 rings (SSSR count). The minimum atomic E-state index is -1.07. The van der Waals surface area contributed by atoms with Crippen LogP contribution in [0.2, 0.25) is 0 Å². The lowest BCUT2D eigenvalue weighted by Gasteiger charge is -2.52. The Morgan fingerprint density at radius 3 is 2.24 bits per heavy atom. The molecule has 0 amide bonds. The van der Waals surface area contributed by atoms with E-state index in [4.69, 9.17) is 4.74 Å². The van der Waals surface area contributed by atoms with E-state index in [0.717, 1.165) is 29.9 Å². The van der Waals surface area contributed by atoms with Gasteiger partial charge in [-0.15, -0.1) is 10.2 Å². The molecule has 1 fully saturated rings. The molecule has 1 aliphatic heterocycles. The molecule has 6 heteroatoms. The van der Waals surface area contributed by atoms with Gasteiger partial charge in [-0.05, 0) is 62.5 Å². The van der Waals surface area contributed by atoms with E-state index in [1.54, 1.807) is 18.2 Å². The Hall–Kier alpha value is -3.15. The molecule has 1 saturated heterocycles. The van der Waals surface area contributed by atoms with E-state index in [0.29, 0.717) is 35.8 Å². The fourth-order valence-electron chi connectivity index (χ4n) is 4.45. The molecule has 1 aromatic heterocycles. The average Bonchev–Trinajstić information content (AvgIpc) is 2.87. The second-order valence-electron chi connectivity index (χ2n) is 9.83. The lowest BCUT2D eigenvalue weighted by atomic mass is 9.72. The van der Waals surface area contributed by atoms with Crippen LogP contribution in [-0.4, -0.2) is 47.5 Å². The molecule has 5 nitrogen and oxygen atoms in total. The highest BCUT2D eigenvalue weighted by molar-refractivity contribution is 5.39. The van der Waals surface area contributed by atoms with Gasteiger partial charge in [0.05, 0.1) is 0 Å². The lowest BCUT2D eigenvalue weighted by Crippen LogP contribution is -2.55. The van der Waals surface area contributed by atoms with Crippen molar-refractivity contribution < 1.29 is 9.13 Å². The Morgan fingerprint density at radius 1 is 1.05 bits per heavy atom. The molecule has 1 aliphatic rings. The zero-order chi connectivity index (χ0) is 27.3. The number of aromatic nitrogens is 2. The number of nitrogens with one attached hydrogen (secondary N) is 1. The standard InChI is InChI=1S/C31H45FN4O/c1-8-18-31(19-9-2)22-36(23-31)25(6)13-15-27(10-3)20-33-29-16-17-30(35-34-29)37-21-28(11-4)14-12-24(5)26(7)32/h10-17,26H,5-6,8-9,18-23H2,1-4,7H3,(H,33,34)/b14-12-,15-13-,27-10+,28-11+. The van der Waals surface area contributed by atoms with Crippen molar-refractivity contribution in [3.05, 3.63) is 84.2 Å². The number of ether oxygens (including phenoxy) is 1. The maximum absolute atomic E-state index is 13.2. The quantitative estimate of drug-likeness (QED) is 0.233. The number of alkyl halides is 1. The summed E-state index contributed by atoms with van der Waals surface area (Å²) in [5, 5.41) is 11.7. The van der Waals surface area contributed by atoms with Gasteiger partial charge in [0.25, 0.3) is 0 Å². The summed E-state index contributed by atoms with van der Waals surface area (Å²) in [7, 11) is 0. The van der Waals surface area contributed by atoms with Crippen molar-refractivity contribution in [3.63, 3.8) is 0 Å². The summed E-state index contributed by atoms with van der Waals surface area (Å²) in [4.78, 5) is 2.39. The first-order valence-electron chi connectivity index (χ1n) is 13.4. The fourth-order valence-corrected chi connectivity index (χ4v) is 4.45. The first-order chi connectivity index (χ1) is 17.8. The van der Waals surface area contributed by atoms with Crippen molar-refractivity contribution >= 4 is 5.82 Å². The largest absolute Gasteiger partial charge is 0.472 e. The molecule has 0 saturated carbocycles. The van der Waals surface area contributed by atoms with E-state index in [1.807, 2.05) is 26.0 Å². The van der Waals surface area contributed by atoms with Gasteiger partial charge in [0, 0.05) is 36.8 Å². The zero-order valence-electron chi connectivity index (χ0n) is 23.4. The Labute approximate surface area is 223 Å². The van der Waals surface area contributed by atoms with E-state index in [9.17, 15) is 4.39 Å². The van der Waals surface area contributed by atoms with Gasteiger partial charge in [-0.1, -0.05) is 70.2 Å². The van der Waals surface area contributed by atoms with Gasteiger partial charge in [-0.3, -0.25) is 0 Å². The molecule has 2 heterocycles. The molecule has 0 radical (unpaired) electrons. The van der Waals surface area contributed by atoms with Crippen molar-refractivity contribution in [3.8, 4) is 5.88 Å². The second kappa shape index (κ2) is 15.2. The molecule has 1 unspecified atom stereocenters. The van der Waals surface area contributed by atoms with Crippen LogP contribution in [0, 0.1) is 5.41 Å². The van der Waals surface area contributed by atoms with Crippen LogP contribution in [0.3, 0.4) is 0 Å². The molecule has 0 bridgehead atoms. The molecule has 37 heavy (non-hydrogen) atoms. The number of rotatable bonds is 16. The summed E-state index contributed by atoms with van der Waals surface area (Å²) in [6.45, 7) is 21.1. The molecule has 0 aromatic carbocycles. The number of hydrogen-bond acceptors (Lipinski definition) is 5. The van der Waals surface area contributed by atoms with E-state index < -0.39 is 6.17 Å². The van der Waals surface area contributed by atoms with Crippen LogP contribution in [0.1, 0.15) is 60.3 Å². The van der Waals surface area contributed by atoms with Crippen LogP contribution in [0.4, 0.5) is 10.2 Å². The molecule has 1 N–H and O–H groups in total. The Kier molecular flexibility index (Phi) is 12.3. The fraction of sp³-hybridized carbons (Fsp3) is 0.484. The van der Waals surface area contributed by atoms with Crippen LogP contribution in [-0.2, 0) is 0 Å². The lowest BCUT2D eigenvalue weighted by molar-refractivity contribution is 0.0152. The van der Waals surface area contributed by atoms with Crippen molar-refractivity contribution in [2.45, 2.75) is 66.5 Å². The highest BCUT2D eigenvalue weighted by Gasteiger charge is 2.41. The maximum Gasteiger partial charge on any atom is 0.233 e. The summed E-state index contributed by atoms with van der Waals surface area (Å²) >= 11 is 0. The van der Waals surface area contributed by atoms with Crippen LogP contribution < -0.4 is 10.1 Å². The average molecular weight is 509 g/mol. The van der Waals surface area contributed by atoms with Gasteiger partial charge in [0.1, 0.15) is 18.6 Å². The number of anilines is 1. The van der Waals surface area contributed by atoms with Gasteiger partial charge in [-0.25, -0.2) is 4.39 Å². The minimum Gasteiger partial charge on any atom is -0.472 e. The van der Waals surface area contributed by atoms with Crippen LogP contribution >= 0.6 is 0 Å². The van der Waals surface area contributed by atoms with Crippen molar-refractivity contribution in [2.75, 3.05) is 31.6 Å². The smallest absolute Gasteiger partial charge is 0.233 e. The maximum atomic E-state index is 13.2. The number of allylic oxidation sites excluding steroid dienone is 5. The van der Waals surface area contributed by atoms with E-state index in [1.165, 1.54) is 32.6 Å². The number of halogens is 1. The Bertz CT molecular complexity index is 991. The van der Waals surface area contributed by atoms with E-state index in [2.05, 4.69) is 65.6 Å². The summed E-state index contributed by atoms with van der Waals surface area (Å²) in [6, 6.07) is 3.63. The van der Waals surface area contributed by atoms with Crippen LogP contribution in [0.5, 0.6) is 5.88 Å². The highest BCUT2D eigenvalue weighted by atomic mass is 19.1. The summed E-state index contributed by atoms with van der Waals surface area (Å²) < 4.78 is 19.0. The predicted molar refractivity (Wildman–Crippen MR) is 154 cm³/mol. The number of nitrogens with zero attached hydrogens (tertiary/aromatic N) is 3. The SMILES string of the molecule is C=C(/C=C\C(=C/C)COc1ccc(NCC(/C=C\C(=C)N2CC(CCC)(CCC)C2)=C/C)nn1)C(C)F. The molecule has 1 aromatic rings. The summed E-state index contributed by atoms with van der Waals surface area (Å²) in [5.41, 5.74) is 4.02. The normalized spacial score (nSPS) is 16.6. The molecular formula is C31H45FN4O. The summed E-state index contributed by atoms with van der Waals surface area (Å²) in [6.07, 6.45) is 15.7. The van der Waals surface area contributed by atoms with Gasteiger partial charge >= 0.3 is 0 Å². The number of hydrogen-bond donors (Lipinski definition) is 1. The van der Waals surface area contributed by atoms with Gasteiger partial charge in [0.2, 0.25) is 5.88 Å². The van der Waals surface area contributed by atoms with Gasteiger partial charge in [-0.2, -0.15) is 0 Å². The third-order valence-electron chi connectivity index (χ3n) is 6.77. The van der Waals surface area contributed by atoms with Gasteiger partial charge < -0.3 is 15.0 Å². The minimum absolute atomic E-state index is 0.314. The first kappa shape index (κ1) is 30.1. The molecular weight excluding hydrogens is 463 g/mol. The summed E-state index contributed by atoms with van der Waals surface area (Å²) in [5.74, 6) is 1.10. The van der Waals surface area contributed by atoms with Crippen molar-refractivity contribution in [1.82, 2.24) is 15.1 Å². The van der Waals surface area contributed by atoms with E-state index in [-0.39, 0.29) is 0 Å². The molecule has 0 aliphatic carbocycles. The topological polar surface area (TPSA) is 50.3 Å². The van der Waals surface area contributed by atoms with E-state index >= 15 is 0 Å². The highest BCUT2D eigenvalue weighted by Crippen LogP contribution is 2.41. The predicted octanol–water partition coefficient (Wildman–Crippen LogP) is 7.60. The Balaban J connectivity index is 1.81. The first-order valence-corrected chi connectivity index (χ1v) is 13.4. The Morgan fingerprint density at radius 2 is 1.70 bits per heavy atom. The third kappa shape index (κ3) is 9.67. The zero-order valence-corrected chi connectivity index (χ0v) is 23.4. The number of likely N-dealkylation sites (tertiary alicyclic amines) is 1. The van der Waals surface area contributed by atoms with Crippen molar-refractivity contribution in [1.29, 1.82) is 0 Å². The monoisotopic (exact) mass is 508 g/mol.